The van der Waals surface area contributed by atoms with Crippen LogP contribution in [0.4, 0.5) is 5.69 Å². The maximum atomic E-state index is 12.6. The standard InChI is InChI=1S/C20H27N3O3/c1-12(2)11-23-15(5)17(14(4)22-23)10-19(24)21-18-9-7-8-16(13(18)3)20(25)26-6/h7-9,12H,10-11H2,1-6H3,(H,21,24). The van der Waals surface area contributed by atoms with Crippen molar-refractivity contribution in [3.05, 3.63) is 46.3 Å². The minimum absolute atomic E-state index is 0.134. The van der Waals surface area contributed by atoms with Gasteiger partial charge in [0.25, 0.3) is 0 Å². The van der Waals surface area contributed by atoms with E-state index in [1.807, 2.05) is 18.5 Å². The fraction of sp³-hybridized carbons (Fsp3) is 0.450. The number of carbonyl (C=O) groups excluding carboxylic acids is 2. The van der Waals surface area contributed by atoms with Gasteiger partial charge >= 0.3 is 5.97 Å². The molecule has 0 fully saturated rings. The second-order valence-corrected chi connectivity index (χ2v) is 6.92. The van der Waals surface area contributed by atoms with Gasteiger partial charge in [0.05, 0.1) is 24.8 Å². The highest BCUT2D eigenvalue weighted by molar-refractivity contribution is 5.97. The fourth-order valence-corrected chi connectivity index (χ4v) is 2.97. The van der Waals surface area contributed by atoms with Gasteiger partial charge in [-0.15, -0.1) is 0 Å². The first-order valence-corrected chi connectivity index (χ1v) is 8.75. The maximum Gasteiger partial charge on any atom is 0.338 e. The molecule has 0 saturated heterocycles. The number of esters is 1. The normalized spacial score (nSPS) is 10.9. The van der Waals surface area contributed by atoms with Gasteiger partial charge in [0.15, 0.2) is 0 Å². The molecule has 6 heteroatoms. The number of benzene rings is 1. The summed E-state index contributed by atoms with van der Waals surface area (Å²) in [5.41, 5.74) is 4.59. The van der Waals surface area contributed by atoms with Crippen molar-refractivity contribution < 1.29 is 14.3 Å². The summed E-state index contributed by atoms with van der Waals surface area (Å²) in [5, 5.41) is 7.45. The third-order valence-corrected chi connectivity index (χ3v) is 4.42. The van der Waals surface area contributed by atoms with E-state index in [9.17, 15) is 9.59 Å². The lowest BCUT2D eigenvalue weighted by Gasteiger charge is -2.12. The van der Waals surface area contributed by atoms with Crippen LogP contribution in [0.5, 0.6) is 0 Å². The molecule has 1 heterocycles. The lowest BCUT2D eigenvalue weighted by Crippen LogP contribution is -2.17. The van der Waals surface area contributed by atoms with E-state index in [2.05, 4.69) is 24.3 Å². The number of rotatable bonds is 6. The van der Waals surface area contributed by atoms with Crippen LogP contribution in [0.1, 0.15) is 46.7 Å². The Morgan fingerprint density at radius 1 is 1.23 bits per heavy atom. The Kier molecular flexibility index (Phi) is 6.18. The molecule has 0 spiro atoms. The van der Waals surface area contributed by atoms with Crippen LogP contribution in [-0.2, 0) is 22.5 Å². The first-order valence-electron chi connectivity index (χ1n) is 8.75. The van der Waals surface area contributed by atoms with E-state index in [-0.39, 0.29) is 12.3 Å². The molecule has 0 atom stereocenters. The average Bonchev–Trinajstić information content (AvgIpc) is 2.83. The third kappa shape index (κ3) is 4.31. The minimum atomic E-state index is -0.416. The predicted octanol–water partition coefficient (Wildman–Crippen LogP) is 3.43. The van der Waals surface area contributed by atoms with Gasteiger partial charge in [-0.1, -0.05) is 19.9 Å². The van der Waals surface area contributed by atoms with E-state index < -0.39 is 5.97 Å². The summed E-state index contributed by atoms with van der Waals surface area (Å²) in [6.07, 6.45) is 0.248. The molecule has 0 saturated carbocycles. The average molecular weight is 357 g/mol. The van der Waals surface area contributed by atoms with E-state index in [0.717, 1.165) is 23.5 Å². The smallest absolute Gasteiger partial charge is 0.338 e. The number of nitrogens with zero attached hydrogens (tertiary/aromatic N) is 2. The Labute approximate surface area is 154 Å². The quantitative estimate of drug-likeness (QED) is 0.804. The molecule has 1 N–H and O–H groups in total. The van der Waals surface area contributed by atoms with Crippen molar-refractivity contribution in [3.63, 3.8) is 0 Å². The Hall–Kier alpha value is -2.63. The van der Waals surface area contributed by atoms with Crippen molar-refractivity contribution in [2.75, 3.05) is 12.4 Å². The van der Waals surface area contributed by atoms with Crippen LogP contribution in [0.3, 0.4) is 0 Å². The molecular weight excluding hydrogens is 330 g/mol. The molecule has 2 aromatic rings. The van der Waals surface area contributed by atoms with E-state index in [4.69, 9.17) is 4.74 Å². The number of aromatic nitrogens is 2. The fourth-order valence-electron chi connectivity index (χ4n) is 2.97. The molecule has 0 bridgehead atoms. The summed E-state index contributed by atoms with van der Waals surface area (Å²) in [6.45, 7) is 10.8. The molecule has 6 nitrogen and oxygen atoms in total. The first kappa shape index (κ1) is 19.7. The van der Waals surface area contributed by atoms with Gasteiger partial charge in [0.2, 0.25) is 5.91 Å². The number of anilines is 1. The molecule has 0 radical (unpaired) electrons. The SMILES string of the molecule is COC(=O)c1cccc(NC(=O)Cc2c(C)nn(CC(C)C)c2C)c1C. The summed E-state index contributed by atoms with van der Waals surface area (Å²) in [5.74, 6) is -0.0657. The number of amides is 1. The van der Waals surface area contributed by atoms with Crippen LogP contribution in [-0.4, -0.2) is 28.8 Å². The van der Waals surface area contributed by atoms with E-state index in [1.54, 1.807) is 25.1 Å². The molecule has 0 aliphatic carbocycles. The number of aryl methyl sites for hydroxylation is 1. The number of hydrogen-bond donors (Lipinski definition) is 1. The lowest BCUT2D eigenvalue weighted by atomic mass is 10.1. The monoisotopic (exact) mass is 357 g/mol. The van der Waals surface area contributed by atoms with E-state index in [1.165, 1.54) is 7.11 Å². The van der Waals surface area contributed by atoms with E-state index >= 15 is 0 Å². The van der Waals surface area contributed by atoms with Crippen LogP contribution in [0.25, 0.3) is 0 Å². The number of methoxy groups -OCH3 is 1. The second-order valence-electron chi connectivity index (χ2n) is 6.92. The molecule has 1 aromatic heterocycles. The van der Waals surface area contributed by atoms with Crippen molar-refractivity contribution in [3.8, 4) is 0 Å². The van der Waals surface area contributed by atoms with Crippen LogP contribution >= 0.6 is 0 Å². The highest BCUT2D eigenvalue weighted by atomic mass is 16.5. The third-order valence-electron chi connectivity index (χ3n) is 4.42. The van der Waals surface area contributed by atoms with Gasteiger partial charge in [0.1, 0.15) is 0 Å². The maximum absolute atomic E-state index is 12.6. The van der Waals surface area contributed by atoms with Gasteiger partial charge in [0, 0.05) is 23.5 Å². The van der Waals surface area contributed by atoms with Gasteiger partial charge in [-0.3, -0.25) is 9.48 Å². The zero-order valence-corrected chi connectivity index (χ0v) is 16.3. The lowest BCUT2D eigenvalue weighted by molar-refractivity contribution is -0.115. The molecule has 26 heavy (non-hydrogen) atoms. The molecule has 0 aliphatic heterocycles. The summed E-state index contributed by atoms with van der Waals surface area (Å²) < 4.78 is 6.74. The minimum Gasteiger partial charge on any atom is -0.465 e. The van der Waals surface area contributed by atoms with Crippen LogP contribution in [0.15, 0.2) is 18.2 Å². The Morgan fingerprint density at radius 3 is 2.54 bits per heavy atom. The van der Waals surface area contributed by atoms with Crippen molar-refractivity contribution in [1.29, 1.82) is 0 Å². The Bertz CT molecular complexity index is 822. The highest BCUT2D eigenvalue weighted by Crippen LogP contribution is 2.21. The molecule has 2 rings (SSSR count). The van der Waals surface area contributed by atoms with Crippen LogP contribution < -0.4 is 5.32 Å². The van der Waals surface area contributed by atoms with Crippen molar-refractivity contribution in [2.24, 2.45) is 5.92 Å². The number of carbonyl (C=O) groups is 2. The molecule has 0 aliphatic rings. The molecule has 0 unspecified atom stereocenters. The first-order chi connectivity index (χ1) is 12.2. The van der Waals surface area contributed by atoms with Crippen LogP contribution in [0, 0.1) is 26.7 Å². The second kappa shape index (κ2) is 8.17. The van der Waals surface area contributed by atoms with Gasteiger partial charge in [-0.25, -0.2) is 4.79 Å². The van der Waals surface area contributed by atoms with Crippen molar-refractivity contribution >= 4 is 17.6 Å². The number of hydrogen-bond acceptors (Lipinski definition) is 4. The van der Waals surface area contributed by atoms with Crippen molar-refractivity contribution in [1.82, 2.24) is 9.78 Å². The number of nitrogens with one attached hydrogen (secondary N) is 1. The molecule has 1 amide bonds. The van der Waals surface area contributed by atoms with Crippen molar-refractivity contribution in [2.45, 2.75) is 47.6 Å². The highest BCUT2D eigenvalue weighted by Gasteiger charge is 2.17. The topological polar surface area (TPSA) is 73.2 Å². The molecule has 140 valence electrons. The molecule has 1 aromatic carbocycles. The summed E-state index contributed by atoms with van der Waals surface area (Å²) >= 11 is 0. The zero-order valence-electron chi connectivity index (χ0n) is 16.3. The Morgan fingerprint density at radius 2 is 1.92 bits per heavy atom. The largest absolute Gasteiger partial charge is 0.465 e. The predicted molar refractivity (Wildman–Crippen MR) is 101 cm³/mol. The summed E-state index contributed by atoms with van der Waals surface area (Å²) in [7, 11) is 1.34. The van der Waals surface area contributed by atoms with E-state index in [0.29, 0.717) is 22.7 Å². The van der Waals surface area contributed by atoms with Gasteiger partial charge in [-0.2, -0.15) is 5.10 Å². The summed E-state index contributed by atoms with van der Waals surface area (Å²) in [4.78, 5) is 24.4. The molecular formula is C20H27N3O3. The van der Waals surface area contributed by atoms with Gasteiger partial charge in [-0.05, 0) is 44.4 Å². The van der Waals surface area contributed by atoms with Gasteiger partial charge < -0.3 is 10.1 Å². The number of ether oxygens (including phenoxy) is 1. The van der Waals surface area contributed by atoms with Crippen LogP contribution in [0.2, 0.25) is 0 Å². The zero-order chi connectivity index (χ0) is 19.4. The Balaban J connectivity index is 2.18. The summed E-state index contributed by atoms with van der Waals surface area (Å²) in [6, 6.07) is 5.19.